The topological polar surface area (TPSA) is 47.3 Å². The SMILES string of the molecule is COCCCC(Cc1ccc(F)c(Br)c1)NN. The van der Waals surface area contributed by atoms with Crippen LogP contribution in [0.3, 0.4) is 0 Å². The summed E-state index contributed by atoms with van der Waals surface area (Å²) in [6, 6.07) is 5.21. The molecule has 0 bridgehead atoms. The van der Waals surface area contributed by atoms with Crippen LogP contribution in [-0.2, 0) is 11.2 Å². The van der Waals surface area contributed by atoms with Crippen molar-refractivity contribution in [3.05, 3.63) is 34.1 Å². The summed E-state index contributed by atoms with van der Waals surface area (Å²) >= 11 is 3.18. The summed E-state index contributed by atoms with van der Waals surface area (Å²) in [5.74, 6) is 5.25. The Morgan fingerprint density at radius 3 is 2.88 bits per heavy atom. The maximum absolute atomic E-state index is 13.1. The molecule has 0 aromatic heterocycles. The molecule has 0 amide bonds. The highest BCUT2D eigenvalue weighted by atomic mass is 79.9. The van der Waals surface area contributed by atoms with Crippen LogP contribution in [0.4, 0.5) is 4.39 Å². The van der Waals surface area contributed by atoms with Gasteiger partial charge in [-0.2, -0.15) is 0 Å². The number of benzene rings is 1. The first kappa shape index (κ1) is 14.6. The predicted molar refractivity (Wildman–Crippen MR) is 70.0 cm³/mol. The fourth-order valence-corrected chi connectivity index (χ4v) is 2.10. The third kappa shape index (κ3) is 5.12. The molecule has 1 unspecified atom stereocenters. The zero-order valence-electron chi connectivity index (χ0n) is 9.88. The van der Waals surface area contributed by atoms with Gasteiger partial charge in [-0.25, -0.2) is 4.39 Å². The molecule has 0 radical (unpaired) electrons. The van der Waals surface area contributed by atoms with Crippen molar-refractivity contribution in [3.8, 4) is 0 Å². The zero-order valence-corrected chi connectivity index (χ0v) is 11.5. The minimum absolute atomic E-state index is 0.183. The van der Waals surface area contributed by atoms with E-state index in [4.69, 9.17) is 10.6 Å². The first-order valence-corrected chi connectivity index (χ1v) is 6.35. The van der Waals surface area contributed by atoms with Gasteiger partial charge in [-0.05, 0) is 52.9 Å². The van der Waals surface area contributed by atoms with Crippen LogP contribution in [0.15, 0.2) is 22.7 Å². The fourth-order valence-electron chi connectivity index (χ4n) is 1.67. The van der Waals surface area contributed by atoms with Gasteiger partial charge in [-0.15, -0.1) is 0 Å². The highest BCUT2D eigenvalue weighted by molar-refractivity contribution is 9.10. The van der Waals surface area contributed by atoms with Crippen LogP contribution < -0.4 is 11.3 Å². The van der Waals surface area contributed by atoms with Gasteiger partial charge < -0.3 is 4.74 Å². The Balaban J connectivity index is 2.51. The molecule has 0 aliphatic heterocycles. The van der Waals surface area contributed by atoms with Crippen LogP contribution in [0.25, 0.3) is 0 Å². The summed E-state index contributed by atoms with van der Waals surface area (Å²) < 4.78 is 18.5. The van der Waals surface area contributed by atoms with Gasteiger partial charge in [0, 0.05) is 19.8 Å². The van der Waals surface area contributed by atoms with Gasteiger partial charge in [-0.3, -0.25) is 11.3 Å². The lowest BCUT2D eigenvalue weighted by atomic mass is 10.0. The van der Waals surface area contributed by atoms with Crippen LogP contribution in [-0.4, -0.2) is 19.8 Å². The standard InChI is InChI=1S/C12H18BrFN2O/c1-17-6-2-3-10(16-15)7-9-4-5-12(14)11(13)8-9/h4-5,8,10,16H,2-3,6-7,15H2,1H3. The number of methoxy groups -OCH3 is 1. The van der Waals surface area contributed by atoms with E-state index >= 15 is 0 Å². The molecule has 1 aromatic rings. The van der Waals surface area contributed by atoms with Gasteiger partial charge in [0.2, 0.25) is 0 Å². The van der Waals surface area contributed by atoms with Gasteiger partial charge in [0.25, 0.3) is 0 Å². The number of ether oxygens (including phenoxy) is 1. The Labute approximate surface area is 110 Å². The molecule has 0 heterocycles. The van der Waals surface area contributed by atoms with E-state index in [9.17, 15) is 4.39 Å². The molecule has 0 saturated carbocycles. The zero-order chi connectivity index (χ0) is 12.7. The Morgan fingerprint density at radius 1 is 1.53 bits per heavy atom. The third-order valence-corrected chi connectivity index (χ3v) is 3.21. The maximum Gasteiger partial charge on any atom is 0.137 e. The monoisotopic (exact) mass is 304 g/mol. The molecular weight excluding hydrogens is 287 g/mol. The van der Waals surface area contributed by atoms with Crippen molar-refractivity contribution in [2.45, 2.75) is 25.3 Å². The van der Waals surface area contributed by atoms with Crippen LogP contribution in [0.1, 0.15) is 18.4 Å². The second-order valence-electron chi connectivity index (χ2n) is 3.95. The van der Waals surface area contributed by atoms with Gasteiger partial charge in [0.15, 0.2) is 0 Å². The number of halogens is 2. The second-order valence-corrected chi connectivity index (χ2v) is 4.81. The quantitative estimate of drug-likeness (QED) is 0.462. The molecule has 96 valence electrons. The van der Waals surface area contributed by atoms with Crippen molar-refractivity contribution in [2.24, 2.45) is 5.84 Å². The first-order valence-electron chi connectivity index (χ1n) is 5.56. The third-order valence-electron chi connectivity index (χ3n) is 2.60. The summed E-state index contributed by atoms with van der Waals surface area (Å²) in [5, 5.41) is 0. The molecular formula is C12H18BrFN2O. The number of hydrogen-bond donors (Lipinski definition) is 2. The number of hydrazine groups is 1. The number of rotatable bonds is 7. The molecule has 1 aromatic carbocycles. The van der Waals surface area contributed by atoms with Gasteiger partial charge in [0.1, 0.15) is 5.82 Å². The Hall–Kier alpha value is -0.490. The van der Waals surface area contributed by atoms with E-state index in [-0.39, 0.29) is 11.9 Å². The summed E-state index contributed by atoms with van der Waals surface area (Å²) in [5.41, 5.74) is 3.83. The van der Waals surface area contributed by atoms with Crippen molar-refractivity contribution in [1.29, 1.82) is 0 Å². The van der Waals surface area contributed by atoms with Crippen molar-refractivity contribution >= 4 is 15.9 Å². The first-order chi connectivity index (χ1) is 8.17. The average Bonchev–Trinajstić information content (AvgIpc) is 2.32. The van der Waals surface area contributed by atoms with Crippen LogP contribution in [0, 0.1) is 5.82 Å². The normalized spacial score (nSPS) is 12.7. The number of hydrogen-bond acceptors (Lipinski definition) is 3. The minimum Gasteiger partial charge on any atom is -0.385 e. The summed E-state index contributed by atoms with van der Waals surface area (Å²) in [6.07, 6.45) is 2.66. The van der Waals surface area contributed by atoms with Gasteiger partial charge >= 0.3 is 0 Å². The van der Waals surface area contributed by atoms with Crippen molar-refractivity contribution in [1.82, 2.24) is 5.43 Å². The highest BCUT2D eigenvalue weighted by Gasteiger charge is 2.09. The highest BCUT2D eigenvalue weighted by Crippen LogP contribution is 2.18. The molecule has 1 rings (SSSR count). The summed E-state index contributed by atoms with van der Waals surface area (Å²) in [4.78, 5) is 0. The van der Waals surface area contributed by atoms with E-state index in [1.165, 1.54) is 6.07 Å². The lowest BCUT2D eigenvalue weighted by Gasteiger charge is -2.15. The second kappa shape index (κ2) is 7.76. The molecule has 0 fully saturated rings. The smallest absolute Gasteiger partial charge is 0.137 e. The molecule has 1 atom stereocenters. The average molecular weight is 305 g/mol. The van der Waals surface area contributed by atoms with E-state index in [1.54, 1.807) is 19.2 Å². The maximum atomic E-state index is 13.1. The molecule has 0 aliphatic carbocycles. The lowest BCUT2D eigenvalue weighted by Crippen LogP contribution is -2.36. The predicted octanol–water partition coefficient (Wildman–Crippen LogP) is 2.39. The van der Waals surface area contributed by atoms with Crippen molar-refractivity contribution < 1.29 is 9.13 Å². The number of nitrogens with one attached hydrogen (secondary N) is 1. The number of nitrogens with two attached hydrogens (primary N) is 1. The Bertz CT molecular complexity index is 349. The van der Waals surface area contributed by atoms with Crippen LogP contribution >= 0.6 is 15.9 Å². The van der Waals surface area contributed by atoms with Crippen molar-refractivity contribution in [2.75, 3.05) is 13.7 Å². The van der Waals surface area contributed by atoms with E-state index in [0.717, 1.165) is 31.4 Å². The van der Waals surface area contributed by atoms with Crippen LogP contribution in [0.5, 0.6) is 0 Å². The van der Waals surface area contributed by atoms with E-state index in [2.05, 4.69) is 21.4 Å². The summed E-state index contributed by atoms with van der Waals surface area (Å²) in [6.45, 7) is 0.727. The molecule has 17 heavy (non-hydrogen) atoms. The summed E-state index contributed by atoms with van der Waals surface area (Å²) in [7, 11) is 1.68. The van der Waals surface area contributed by atoms with Crippen LogP contribution in [0.2, 0.25) is 0 Å². The lowest BCUT2D eigenvalue weighted by molar-refractivity contribution is 0.188. The van der Waals surface area contributed by atoms with Gasteiger partial charge in [-0.1, -0.05) is 6.07 Å². The van der Waals surface area contributed by atoms with E-state index < -0.39 is 0 Å². The molecule has 3 N–H and O–H groups in total. The molecule has 0 spiro atoms. The molecule has 0 aliphatic rings. The molecule has 3 nitrogen and oxygen atoms in total. The molecule has 0 saturated heterocycles. The fraction of sp³-hybridized carbons (Fsp3) is 0.500. The minimum atomic E-state index is -0.245. The Morgan fingerprint density at radius 2 is 2.29 bits per heavy atom. The van der Waals surface area contributed by atoms with E-state index in [0.29, 0.717) is 4.47 Å². The van der Waals surface area contributed by atoms with Crippen molar-refractivity contribution in [3.63, 3.8) is 0 Å². The molecule has 5 heteroatoms. The Kier molecular flexibility index (Phi) is 6.65. The van der Waals surface area contributed by atoms with E-state index in [1.807, 2.05) is 0 Å². The van der Waals surface area contributed by atoms with Gasteiger partial charge in [0.05, 0.1) is 4.47 Å². The largest absolute Gasteiger partial charge is 0.385 e.